The highest BCUT2D eigenvalue weighted by atomic mass is 35.5. The van der Waals surface area contributed by atoms with Crippen LogP contribution >= 0.6 is 23.4 Å². The van der Waals surface area contributed by atoms with Crippen LogP contribution in [0.25, 0.3) is 6.08 Å². The van der Waals surface area contributed by atoms with Crippen LogP contribution in [0.1, 0.15) is 5.56 Å². The summed E-state index contributed by atoms with van der Waals surface area (Å²) in [5.41, 5.74) is 1.08. The number of ether oxygens (including phenoxy) is 2. The number of amides is 2. The molecule has 27 heavy (non-hydrogen) atoms. The van der Waals surface area contributed by atoms with E-state index in [2.05, 4.69) is 0 Å². The van der Waals surface area contributed by atoms with Gasteiger partial charge in [0.25, 0.3) is 11.1 Å². The average Bonchev–Trinajstić information content (AvgIpc) is 2.93. The summed E-state index contributed by atoms with van der Waals surface area (Å²) >= 11 is 6.80. The molecule has 0 aliphatic carbocycles. The molecule has 0 unspecified atom stereocenters. The zero-order valence-corrected chi connectivity index (χ0v) is 15.7. The largest absolute Gasteiger partial charge is 0.493 e. The highest BCUT2D eigenvalue weighted by Gasteiger charge is 2.36. The molecule has 2 aromatic rings. The fourth-order valence-electron chi connectivity index (χ4n) is 2.46. The molecule has 1 aliphatic heterocycles. The molecule has 0 spiro atoms. The molecular weight excluding hydrogens is 388 g/mol. The van der Waals surface area contributed by atoms with Crippen molar-refractivity contribution in [2.45, 2.75) is 0 Å². The lowest BCUT2D eigenvalue weighted by atomic mass is 10.2. The van der Waals surface area contributed by atoms with Crippen molar-refractivity contribution in [1.82, 2.24) is 0 Å². The number of hydrogen-bond acceptors (Lipinski definition) is 6. The van der Waals surface area contributed by atoms with Gasteiger partial charge in [-0.3, -0.25) is 9.59 Å². The molecule has 1 heterocycles. The number of carbonyl (C=O) groups excluding carboxylic acids is 2. The lowest BCUT2D eigenvalue weighted by Crippen LogP contribution is -2.27. The fraction of sp³-hybridized carbons (Fsp3) is 0.105. The molecule has 6 nitrogen and oxygen atoms in total. The quantitative estimate of drug-likeness (QED) is 0.688. The Hall–Kier alpha value is -2.95. The second-order valence-electron chi connectivity index (χ2n) is 5.35. The minimum atomic E-state index is -0.420. The Bertz CT molecular complexity index is 984. The van der Waals surface area contributed by atoms with E-state index < -0.39 is 11.1 Å². The van der Waals surface area contributed by atoms with Gasteiger partial charge in [0.05, 0.1) is 17.7 Å². The lowest BCUT2D eigenvalue weighted by Gasteiger charge is -2.12. The minimum Gasteiger partial charge on any atom is -0.493 e. The minimum absolute atomic E-state index is 0.103. The van der Waals surface area contributed by atoms with Gasteiger partial charge in [0.15, 0.2) is 18.1 Å². The number of benzene rings is 2. The number of imide groups is 1. The standard InChI is InChI=1S/C19H13ClN2O4S/c1-25-16-9-12(5-6-15(16)26-8-7-21)10-17-18(23)22(19(24)27-17)14-4-2-3-13(20)11-14/h2-6,9-11H,8H2,1H3. The maximum Gasteiger partial charge on any atom is 0.298 e. The monoisotopic (exact) mass is 400 g/mol. The first-order valence-electron chi connectivity index (χ1n) is 7.75. The molecule has 0 aromatic heterocycles. The van der Waals surface area contributed by atoms with Gasteiger partial charge in [-0.15, -0.1) is 0 Å². The Morgan fingerprint density at radius 1 is 1.22 bits per heavy atom. The van der Waals surface area contributed by atoms with Gasteiger partial charge < -0.3 is 9.47 Å². The Labute approximate surface area is 164 Å². The van der Waals surface area contributed by atoms with Gasteiger partial charge in [-0.2, -0.15) is 5.26 Å². The molecule has 136 valence electrons. The summed E-state index contributed by atoms with van der Waals surface area (Å²) in [5, 5.41) is 8.66. The molecule has 0 N–H and O–H groups in total. The molecule has 1 aliphatic rings. The van der Waals surface area contributed by atoms with Crippen LogP contribution in [0, 0.1) is 11.3 Å². The van der Waals surface area contributed by atoms with Crippen LogP contribution in [0.5, 0.6) is 11.5 Å². The predicted molar refractivity (Wildman–Crippen MR) is 104 cm³/mol. The Kier molecular flexibility index (Phi) is 5.69. The van der Waals surface area contributed by atoms with Gasteiger partial charge in [-0.05, 0) is 53.7 Å². The van der Waals surface area contributed by atoms with Crippen LogP contribution in [-0.2, 0) is 4.79 Å². The van der Waals surface area contributed by atoms with E-state index in [9.17, 15) is 9.59 Å². The van der Waals surface area contributed by atoms with E-state index in [1.165, 1.54) is 7.11 Å². The second-order valence-corrected chi connectivity index (χ2v) is 6.78. The number of thioether (sulfide) groups is 1. The first kappa shape index (κ1) is 18.8. The van der Waals surface area contributed by atoms with Crippen LogP contribution in [0.15, 0.2) is 47.4 Å². The smallest absolute Gasteiger partial charge is 0.298 e. The number of hydrogen-bond donors (Lipinski definition) is 0. The third kappa shape index (κ3) is 4.08. The van der Waals surface area contributed by atoms with Gasteiger partial charge in [-0.25, -0.2) is 4.90 Å². The van der Waals surface area contributed by atoms with Crippen LogP contribution in [0.4, 0.5) is 10.5 Å². The van der Waals surface area contributed by atoms with E-state index >= 15 is 0 Å². The van der Waals surface area contributed by atoms with Crippen molar-refractivity contribution in [2.75, 3.05) is 18.6 Å². The molecule has 1 fully saturated rings. The maximum atomic E-state index is 12.7. The first-order valence-corrected chi connectivity index (χ1v) is 8.94. The van der Waals surface area contributed by atoms with Crippen LogP contribution in [0.2, 0.25) is 5.02 Å². The van der Waals surface area contributed by atoms with Crippen molar-refractivity contribution in [3.63, 3.8) is 0 Å². The van der Waals surface area contributed by atoms with Gasteiger partial charge in [0.2, 0.25) is 0 Å². The summed E-state index contributed by atoms with van der Waals surface area (Å²) in [5.74, 6) is 0.423. The van der Waals surface area contributed by atoms with Crippen LogP contribution in [-0.4, -0.2) is 24.9 Å². The van der Waals surface area contributed by atoms with E-state index in [-0.39, 0.29) is 11.5 Å². The highest BCUT2D eigenvalue weighted by molar-refractivity contribution is 8.19. The maximum absolute atomic E-state index is 12.7. The molecular formula is C19H13ClN2O4S. The van der Waals surface area contributed by atoms with Crippen molar-refractivity contribution < 1.29 is 19.1 Å². The Morgan fingerprint density at radius 2 is 2.04 bits per heavy atom. The molecule has 3 rings (SSSR count). The van der Waals surface area contributed by atoms with Gasteiger partial charge in [-0.1, -0.05) is 23.7 Å². The number of nitriles is 1. The van der Waals surface area contributed by atoms with Crippen LogP contribution in [0.3, 0.4) is 0 Å². The van der Waals surface area contributed by atoms with E-state index in [1.54, 1.807) is 48.5 Å². The molecule has 0 radical (unpaired) electrons. The van der Waals surface area contributed by atoms with Crippen molar-refractivity contribution in [3.05, 3.63) is 58.0 Å². The number of methoxy groups -OCH3 is 1. The van der Waals surface area contributed by atoms with Gasteiger partial charge in [0, 0.05) is 5.02 Å². The van der Waals surface area contributed by atoms with Crippen molar-refractivity contribution in [2.24, 2.45) is 0 Å². The third-order valence-electron chi connectivity index (χ3n) is 3.64. The molecule has 0 saturated carbocycles. The summed E-state index contributed by atoms with van der Waals surface area (Å²) in [6, 6.07) is 13.5. The summed E-state index contributed by atoms with van der Waals surface area (Å²) in [6.45, 7) is -0.103. The van der Waals surface area contributed by atoms with E-state index in [4.69, 9.17) is 26.3 Å². The Morgan fingerprint density at radius 3 is 2.74 bits per heavy atom. The van der Waals surface area contributed by atoms with Crippen LogP contribution < -0.4 is 14.4 Å². The van der Waals surface area contributed by atoms with E-state index in [0.717, 1.165) is 16.7 Å². The van der Waals surface area contributed by atoms with Gasteiger partial charge in [0.1, 0.15) is 6.07 Å². The summed E-state index contributed by atoms with van der Waals surface area (Å²) in [6.07, 6.45) is 1.60. The van der Waals surface area contributed by atoms with Crippen molar-refractivity contribution in [1.29, 1.82) is 5.26 Å². The first-order chi connectivity index (χ1) is 13.0. The second kappa shape index (κ2) is 8.16. The zero-order valence-electron chi connectivity index (χ0n) is 14.1. The van der Waals surface area contributed by atoms with E-state index in [1.807, 2.05) is 6.07 Å². The third-order valence-corrected chi connectivity index (χ3v) is 4.74. The van der Waals surface area contributed by atoms with Crippen molar-refractivity contribution in [3.8, 4) is 17.6 Å². The highest BCUT2D eigenvalue weighted by Crippen LogP contribution is 2.37. The molecule has 0 atom stereocenters. The number of halogens is 1. The number of anilines is 1. The summed E-state index contributed by atoms with van der Waals surface area (Å²) in [7, 11) is 1.48. The Balaban J connectivity index is 1.88. The fourth-order valence-corrected chi connectivity index (χ4v) is 3.49. The number of rotatable bonds is 5. The molecule has 0 bridgehead atoms. The topological polar surface area (TPSA) is 79.6 Å². The van der Waals surface area contributed by atoms with E-state index in [0.29, 0.717) is 27.8 Å². The van der Waals surface area contributed by atoms with Gasteiger partial charge >= 0.3 is 0 Å². The SMILES string of the molecule is COc1cc(C=C2SC(=O)N(c3cccc(Cl)c3)C2=O)ccc1OCC#N. The lowest BCUT2D eigenvalue weighted by molar-refractivity contribution is -0.113. The average molecular weight is 401 g/mol. The molecule has 2 amide bonds. The molecule has 1 saturated heterocycles. The number of carbonyl (C=O) groups is 2. The van der Waals surface area contributed by atoms with Crippen molar-refractivity contribution >= 4 is 46.3 Å². The normalized spacial score (nSPS) is 15.1. The molecule has 2 aromatic carbocycles. The predicted octanol–water partition coefficient (Wildman–Crippen LogP) is 4.49. The summed E-state index contributed by atoms with van der Waals surface area (Å²) in [4.78, 5) is 26.3. The zero-order chi connectivity index (χ0) is 19.4. The summed E-state index contributed by atoms with van der Waals surface area (Å²) < 4.78 is 10.5. The number of nitrogens with zero attached hydrogens (tertiary/aromatic N) is 2. The molecule has 8 heteroatoms.